The van der Waals surface area contributed by atoms with Gasteiger partial charge in [-0.15, -0.1) is 0 Å². The molecule has 0 saturated heterocycles. The largest absolute Gasteiger partial charge is 0.496 e. The summed E-state index contributed by atoms with van der Waals surface area (Å²) in [6.07, 6.45) is 0. The van der Waals surface area contributed by atoms with Crippen LogP contribution < -0.4 is 10.1 Å². The molecule has 0 aliphatic heterocycles. The molecule has 0 atom stereocenters. The zero-order chi connectivity index (χ0) is 16.3. The molecule has 1 aromatic carbocycles. The molecule has 1 amide bonds. The summed E-state index contributed by atoms with van der Waals surface area (Å²) in [6.45, 7) is 3.94. The summed E-state index contributed by atoms with van der Waals surface area (Å²) in [5.74, 6) is 0.595. The van der Waals surface area contributed by atoms with Gasteiger partial charge in [-0.2, -0.15) is 5.10 Å². The third-order valence-electron chi connectivity index (χ3n) is 3.45. The molecule has 1 heterocycles. The van der Waals surface area contributed by atoms with Gasteiger partial charge < -0.3 is 15.2 Å². The van der Waals surface area contributed by atoms with E-state index >= 15 is 0 Å². The maximum absolute atomic E-state index is 12.3. The summed E-state index contributed by atoms with van der Waals surface area (Å²) in [5.41, 5.74) is 2.57. The van der Waals surface area contributed by atoms with Crippen LogP contribution in [-0.4, -0.2) is 27.9 Å². The number of carbonyl (C=O) groups excluding carboxylic acids is 1. The normalized spacial score (nSPS) is 10.8. The third kappa shape index (κ3) is 3.28. The van der Waals surface area contributed by atoms with Crippen LogP contribution in [0.4, 0.5) is 5.69 Å². The first-order valence-corrected chi connectivity index (χ1v) is 7.09. The quantitative estimate of drug-likeness (QED) is 0.888. The first-order chi connectivity index (χ1) is 10.5. The Bertz CT molecular complexity index is 677. The van der Waals surface area contributed by atoms with Crippen LogP contribution in [0, 0.1) is 0 Å². The van der Waals surface area contributed by atoms with E-state index in [0.717, 1.165) is 5.69 Å². The Morgan fingerprint density at radius 2 is 2.14 bits per heavy atom. The van der Waals surface area contributed by atoms with E-state index in [0.29, 0.717) is 28.6 Å². The molecule has 0 bridgehead atoms. The van der Waals surface area contributed by atoms with Crippen molar-refractivity contribution in [2.24, 2.45) is 7.05 Å². The smallest absolute Gasteiger partial charge is 0.276 e. The number of carbonyl (C=O) groups is 1. The number of ether oxygens (including phenoxy) is 1. The molecule has 0 fully saturated rings. The van der Waals surface area contributed by atoms with Crippen molar-refractivity contribution in [2.45, 2.75) is 26.4 Å². The minimum Gasteiger partial charge on any atom is -0.496 e. The number of aliphatic hydroxyl groups excluding tert-OH is 1. The number of anilines is 1. The topological polar surface area (TPSA) is 76.4 Å². The monoisotopic (exact) mass is 303 g/mol. The van der Waals surface area contributed by atoms with Crippen LogP contribution in [0.5, 0.6) is 5.75 Å². The zero-order valence-corrected chi connectivity index (χ0v) is 13.3. The molecule has 2 N–H and O–H groups in total. The molecule has 2 rings (SSSR count). The van der Waals surface area contributed by atoms with E-state index in [4.69, 9.17) is 4.74 Å². The Hall–Kier alpha value is -2.34. The molecule has 6 heteroatoms. The van der Waals surface area contributed by atoms with Crippen LogP contribution in [0.2, 0.25) is 0 Å². The average Bonchev–Trinajstić information content (AvgIpc) is 2.89. The highest BCUT2D eigenvalue weighted by Crippen LogP contribution is 2.23. The van der Waals surface area contributed by atoms with Crippen molar-refractivity contribution in [1.29, 1.82) is 0 Å². The van der Waals surface area contributed by atoms with E-state index < -0.39 is 0 Å². The number of benzene rings is 1. The lowest BCUT2D eigenvalue weighted by atomic mass is 10.1. The molecule has 1 aromatic heterocycles. The predicted molar refractivity (Wildman–Crippen MR) is 84.2 cm³/mol. The van der Waals surface area contributed by atoms with Gasteiger partial charge in [0.05, 0.1) is 13.7 Å². The zero-order valence-electron chi connectivity index (χ0n) is 13.3. The van der Waals surface area contributed by atoms with Crippen molar-refractivity contribution in [2.75, 3.05) is 12.4 Å². The molecule has 0 aliphatic carbocycles. The number of hydrogen-bond donors (Lipinski definition) is 2. The number of amides is 1. The van der Waals surface area contributed by atoms with Gasteiger partial charge in [0.1, 0.15) is 5.75 Å². The molecule has 22 heavy (non-hydrogen) atoms. The molecule has 0 aliphatic rings. The number of rotatable bonds is 5. The highest BCUT2D eigenvalue weighted by molar-refractivity contribution is 6.03. The Balaban J connectivity index is 2.20. The van der Waals surface area contributed by atoms with Crippen molar-refractivity contribution in [3.63, 3.8) is 0 Å². The van der Waals surface area contributed by atoms with Crippen LogP contribution >= 0.6 is 0 Å². The lowest BCUT2D eigenvalue weighted by Crippen LogP contribution is -2.13. The van der Waals surface area contributed by atoms with Gasteiger partial charge in [-0.05, 0) is 30.2 Å². The molecule has 0 spiro atoms. The lowest BCUT2D eigenvalue weighted by molar-refractivity contribution is 0.102. The number of aliphatic hydroxyl groups is 1. The molecule has 0 unspecified atom stereocenters. The second-order valence-corrected chi connectivity index (χ2v) is 5.37. The van der Waals surface area contributed by atoms with Gasteiger partial charge in [0, 0.05) is 24.0 Å². The lowest BCUT2D eigenvalue weighted by Gasteiger charge is -2.09. The summed E-state index contributed by atoms with van der Waals surface area (Å²) in [7, 11) is 3.36. The second kappa shape index (κ2) is 6.62. The summed E-state index contributed by atoms with van der Waals surface area (Å²) in [6, 6.07) is 6.90. The number of nitrogens with zero attached hydrogens (tertiary/aromatic N) is 2. The number of methoxy groups -OCH3 is 1. The number of nitrogens with one attached hydrogen (secondary N) is 1. The van der Waals surface area contributed by atoms with Crippen LogP contribution in [0.3, 0.4) is 0 Å². The second-order valence-electron chi connectivity index (χ2n) is 5.37. The average molecular weight is 303 g/mol. The Kier molecular flexibility index (Phi) is 4.82. The molecule has 2 aromatic rings. The fourth-order valence-corrected chi connectivity index (χ4v) is 2.31. The standard InChI is InChI=1S/C16H21N3O3/c1-10(2)14-8-13(18-19(14)3)16(21)17-12-5-6-15(22-4)11(7-12)9-20/h5-8,10,20H,9H2,1-4H3,(H,17,21). The van der Waals surface area contributed by atoms with Crippen molar-refractivity contribution < 1.29 is 14.6 Å². The summed E-state index contributed by atoms with van der Waals surface area (Å²) in [4.78, 5) is 12.3. The van der Waals surface area contributed by atoms with E-state index in [2.05, 4.69) is 24.3 Å². The molecule has 0 saturated carbocycles. The van der Waals surface area contributed by atoms with E-state index in [1.165, 1.54) is 7.11 Å². The van der Waals surface area contributed by atoms with Crippen LogP contribution in [0.1, 0.15) is 41.5 Å². The van der Waals surface area contributed by atoms with E-state index in [1.807, 2.05) is 7.05 Å². The minimum atomic E-state index is -0.281. The summed E-state index contributed by atoms with van der Waals surface area (Å²) < 4.78 is 6.85. The van der Waals surface area contributed by atoms with E-state index in [9.17, 15) is 9.90 Å². The van der Waals surface area contributed by atoms with Gasteiger partial charge in [0.2, 0.25) is 0 Å². The van der Waals surface area contributed by atoms with Crippen LogP contribution in [0.15, 0.2) is 24.3 Å². The fourth-order valence-electron chi connectivity index (χ4n) is 2.31. The van der Waals surface area contributed by atoms with Gasteiger partial charge >= 0.3 is 0 Å². The first-order valence-electron chi connectivity index (χ1n) is 7.09. The molecule has 6 nitrogen and oxygen atoms in total. The Morgan fingerprint density at radius 3 is 2.68 bits per heavy atom. The van der Waals surface area contributed by atoms with Crippen molar-refractivity contribution >= 4 is 11.6 Å². The van der Waals surface area contributed by atoms with E-state index in [1.54, 1.807) is 28.9 Å². The number of aromatic nitrogens is 2. The van der Waals surface area contributed by atoms with Crippen LogP contribution in [-0.2, 0) is 13.7 Å². The summed E-state index contributed by atoms with van der Waals surface area (Å²) >= 11 is 0. The van der Waals surface area contributed by atoms with Crippen LogP contribution in [0.25, 0.3) is 0 Å². The van der Waals surface area contributed by atoms with Crippen molar-refractivity contribution in [3.05, 3.63) is 41.2 Å². The van der Waals surface area contributed by atoms with Crippen molar-refractivity contribution in [3.8, 4) is 5.75 Å². The van der Waals surface area contributed by atoms with Crippen molar-refractivity contribution in [1.82, 2.24) is 9.78 Å². The maximum atomic E-state index is 12.3. The van der Waals surface area contributed by atoms with Gasteiger partial charge in [0.25, 0.3) is 5.91 Å². The number of hydrogen-bond acceptors (Lipinski definition) is 4. The molecule has 0 radical (unpaired) electrons. The first kappa shape index (κ1) is 16.0. The van der Waals surface area contributed by atoms with E-state index in [-0.39, 0.29) is 12.5 Å². The number of aryl methyl sites for hydroxylation is 1. The van der Waals surface area contributed by atoms with Gasteiger partial charge in [-0.25, -0.2) is 0 Å². The Morgan fingerprint density at radius 1 is 1.41 bits per heavy atom. The molecule has 118 valence electrons. The molecular formula is C16H21N3O3. The minimum absolute atomic E-state index is 0.159. The van der Waals surface area contributed by atoms with Gasteiger partial charge in [0.15, 0.2) is 5.69 Å². The highest BCUT2D eigenvalue weighted by Gasteiger charge is 2.15. The fraction of sp³-hybridized carbons (Fsp3) is 0.375. The van der Waals surface area contributed by atoms with Gasteiger partial charge in [-0.1, -0.05) is 13.8 Å². The SMILES string of the molecule is COc1ccc(NC(=O)c2cc(C(C)C)n(C)n2)cc1CO. The Labute approximate surface area is 129 Å². The van der Waals surface area contributed by atoms with Gasteiger partial charge in [-0.3, -0.25) is 9.48 Å². The third-order valence-corrected chi connectivity index (χ3v) is 3.45. The highest BCUT2D eigenvalue weighted by atomic mass is 16.5. The summed E-state index contributed by atoms with van der Waals surface area (Å²) in [5, 5.41) is 16.3. The molecular weight excluding hydrogens is 282 g/mol. The maximum Gasteiger partial charge on any atom is 0.276 e. The predicted octanol–water partition coefficient (Wildman–Crippen LogP) is 2.30.